The molecule has 92 valence electrons. The molecule has 0 aliphatic rings. The minimum atomic E-state index is -1.10. The summed E-state index contributed by atoms with van der Waals surface area (Å²) >= 11 is 3.15. The number of aromatic hydroxyl groups is 1. The Balaban J connectivity index is 3.22. The average Bonchev–Trinajstić information content (AvgIpc) is 2.28. The maximum Gasteiger partial charge on any atom is 0.336 e. The fourth-order valence-corrected chi connectivity index (χ4v) is 1.93. The highest BCUT2D eigenvalue weighted by Gasteiger charge is 2.21. The van der Waals surface area contributed by atoms with Crippen LogP contribution in [0.3, 0.4) is 0 Å². The zero-order valence-corrected chi connectivity index (χ0v) is 10.8. The van der Waals surface area contributed by atoms with Crippen LogP contribution in [0.5, 0.6) is 5.75 Å². The number of aromatic carboxylic acids is 1. The van der Waals surface area contributed by atoms with Gasteiger partial charge in [0, 0.05) is 11.6 Å². The second-order valence-electron chi connectivity index (χ2n) is 3.63. The predicted octanol–water partition coefficient (Wildman–Crippen LogP) is 2.82. The molecular formula is C12H14BrNO3. The molecule has 0 unspecified atom stereocenters. The highest BCUT2D eigenvalue weighted by Crippen LogP contribution is 2.35. The van der Waals surface area contributed by atoms with E-state index in [2.05, 4.69) is 22.5 Å². The van der Waals surface area contributed by atoms with Gasteiger partial charge in [0.05, 0.1) is 10.0 Å². The van der Waals surface area contributed by atoms with Crippen LogP contribution in [-0.4, -0.2) is 16.2 Å². The Hall–Kier alpha value is -1.33. The van der Waals surface area contributed by atoms with E-state index in [1.807, 2.05) is 0 Å². The van der Waals surface area contributed by atoms with Crippen molar-refractivity contribution >= 4 is 21.9 Å². The lowest BCUT2D eigenvalue weighted by molar-refractivity contribution is 0.0694. The number of hydrogen-bond acceptors (Lipinski definition) is 3. The van der Waals surface area contributed by atoms with E-state index < -0.39 is 12.0 Å². The first-order chi connectivity index (χ1) is 7.99. The Kier molecular flexibility index (Phi) is 4.72. The van der Waals surface area contributed by atoms with E-state index in [1.165, 1.54) is 12.1 Å². The lowest BCUT2D eigenvalue weighted by atomic mass is 9.96. The number of nitrogens with two attached hydrogens (primary N) is 1. The van der Waals surface area contributed by atoms with Gasteiger partial charge in [0.15, 0.2) is 0 Å². The van der Waals surface area contributed by atoms with Crippen molar-refractivity contribution in [2.45, 2.75) is 18.9 Å². The first-order valence-corrected chi connectivity index (χ1v) is 5.89. The lowest BCUT2D eigenvalue weighted by Crippen LogP contribution is -2.15. The first kappa shape index (κ1) is 13.7. The van der Waals surface area contributed by atoms with E-state index >= 15 is 0 Å². The van der Waals surface area contributed by atoms with Gasteiger partial charge in [-0.2, -0.15) is 0 Å². The number of carboxylic acids is 1. The van der Waals surface area contributed by atoms with Crippen molar-refractivity contribution < 1.29 is 15.0 Å². The van der Waals surface area contributed by atoms with E-state index in [9.17, 15) is 9.90 Å². The highest BCUT2D eigenvalue weighted by atomic mass is 79.9. The Morgan fingerprint density at radius 3 is 2.76 bits per heavy atom. The van der Waals surface area contributed by atoms with E-state index in [-0.39, 0.29) is 16.9 Å². The zero-order valence-electron chi connectivity index (χ0n) is 9.19. The SMILES string of the molecule is C=CCC[C@@H](N)c1c(C(=O)O)ccc(Br)c1O. The number of halogens is 1. The Labute approximate surface area is 108 Å². The second-order valence-corrected chi connectivity index (χ2v) is 4.49. The number of carboxylic acid groups (broad SMARTS) is 1. The number of carbonyl (C=O) groups is 1. The van der Waals surface area contributed by atoms with E-state index in [0.29, 0.717) is 17.3 Å². The number of benzene rings is 1. The van der Waals surface area contributed by atoms with Gasteiger partial charge in [-0.05, 0) is 40.9 Å². The maximum absolute atomic E-state index is 11.1. The Morgan fingerprint density at radius 2 is 2.24 bits per heavy atom. The van der Waals surface area contributed by atoms with Gasteiger partial charge >= 0.3 is 5.97 Å². The molecule has 0 fully saturated rings. The van der Waals surface area contributed by atoms with Gasteiger partial charge < -0.3 is 15.9 Å². The van der Waals surface area contributed by atoms with Crippen molar-refractivity contribution in [1.29, 1.82) is 0 Å². The molecule has 0 aliphatic heterocycles. The van der Waals surface area contributed by atoms with Crippen molar-refractivity contribution in [1.82, 2.24) is 0 Å². The molecule has 1 aromatic rings. The number of rotatable bonds is 5. The first-order valence-electron chi connectivity index (χ1n) is 5.10. The average molecular weight is 300 g/mol. The van der Waals surface area contributed by atoms with Gasteiger partial charge in [0.1, 0.15) is 5.75 Å². The molecule has 0 heterocycles. The second kappa shape index (κ2) is 5.84. The molecule has 1 atom stereocenters. The van der Waals surface area contributed by atoms with Crippen LogP contribution in [0.1, 0.15) is 34.8 Å². The molecule has 4 nitrogen and oxygen atoms in total. The van der Waals surface area contributed by atoms with E-state index in [1.54, 1.807) is 6.08 Å². The van der Waals surface area contributed by atoms with Crippen molar-refractivity contribution in [2.75, 3.05) is 0 Å². The fourth-order valence-electron chi connectivity index (χ4n) is 1.59. The molecule has 0 saturated heterocycles. The molecule has 5 heteroatoms. The van der Waals surface area contributed by atoms with Gasteiger partial charge in [-0.15, -0.1) is 6.58 Å². The number of allylic oxidation sites excluding steroid dienone is 1. The number of phenolic OH excluding ortho intramolecular Hbond substituents is 1. The van der Waals surface area contributed by atoms with E-state index in [0.717, 1.165) is 0 Å². The van der Waals surface area contributed by atoms with Crippen LogP contribution in [0.2, 0.25) is 0 Å². The third kappa shape index (κ3) is 3.08. The molecule has 0 spiro atoms. The third-order valence-electron chi connectivity index (χ3n) is 2.45. The summed E-state index contributed by atoms with van der Waals surface area (Å²) in [6, 6.07) is 2.38. The van der Waals surface area contributed by atoms with Crippen LogP contribution in [0.15, 0.2) is 29.3 Å². The maximum atomic E-state index is 11.1. The van der Waals surface area contributed by atoms with Gasteiger partial charge in [-0.25, -0.2) is 4.79 Å². The van der Waals surface area contributed by atoms with Crippen LogP contribution in [0.4, 0.5) is 0 Å². The number of phenols is 1. The topological polar surface area (TPSA) is 83.6 Å². The van der Waals surface area contributed by atoms with Gasteiger partial charge in [0.2, 0.25) is 0 Å². The molecule has 0 aromatic heterocycles. The van der Waals surface area contributed by atoms with Crippen LogP contribution < -0.4 is 5.73 Å². The summed E-state index contributed by atoms with van der Waals surface area (Å²) in [7, 11) is 0. The Bertz CT molecular complexity index is 446. The summed E-state index contributed by atoms with van der Waals surface area (Å²) in [5.74, 6) is -1.21. The van der Waals surface area contributed by atoms with Gasteiger partial charge in [-0.3, -0.25) is 0 Å². The van der Waals surface area contributed by atoms with Crippen molar-refractivity contribution in [2.24, 2.45) is 5.73 Å². The molecule has 0 bridgehead atoms. The van der Waals surface area contributed by atoms with Crippen LogP contribution >= 0.6 is 15.9 Å². The molecule has 0 radical (unpaired) electrons. The summed E-state index contributed by atoms with van der Waals surface area (Å²) in [6.45, 7) is 3.58. The largest absolute Gasteiger partial charge is 0.506 e. The molecule has 1 rings (SSSR count). The summed E-state index contributed by atoms with van der Waals surface area (Å²) in [5, 5.41) is 18.9. The smallest absolute Gasteiger partial charge is 0.336 e. The third-order valence-corrected chi connectivity index (χ3v) is 3.09. The highest BCUT2D eigenvalue weighted by molar-refractivity contribution is 9.10. The normalized spacial score (nSPS) is 12.1. The molecule has 4 N–H and O–H groups in total. The van der Waals surface area contributed by atoms with Crippen LogP contribution in [-0.2, 0) is 0 Å². The monoisotopic (exact) mass is 299 g/mol. The number of hydrogen-bond donors (Lipinski definition) is 3. The summed E-state index contributed by atoms with van der Waals surface area (Å²) in [4.78, 5) is 11.1. The standard InChI is InChI=1S/C12H14BrNO3/c1-2-3-4-9(14)10-7(12(16)17)5-6-8(13)11(10)15/h2,5-6,9,15H,1,3-4,14H2,(H,16,17)/t9-/m1/s1. The molecule has 1 aromatic carbocycles. The van der Waals surface area contributed by atoms with Gasteiger partial charge in [0.25, 0.3) is 0 Å². The van der Waals surface area contributed by atoms with Crippen LogP contribution in [0.25, 0.3) is 0 Å². The summed E-state index contributed by atoms with van der Waals surface area (Å²) < 4.78 is 0.437. The zero-order chi connectivity index (χ0) is 13.0. The Morgan fingerprint density at radius 1 is 1.59 bits per heavy atom. The van der Waals surface area contributed by atoms with Crippen molar-refractivity contribution in [3.05, 3.63) is 40.4 Å². The lowest BCUT2D eigenvalue weighted by Gasteiger charge is -2.16. The molecular weight excluding hydrogens is 286 g/mol. The molecule has 0 amide bonds. The predicted molar refractivity (Wildman–Crippen MR) is 69.1 cm³/mol. The van der Waals surface area contributed by atoms with Crippen LogP contribution in [0, 0.1) is 0 Å². The summed E-state index contributed by atoms with van der Waals surface area (Å²) in [6.07, 6.45) is 2.90. The van der Waals surface area contributed by atoms with Crippen molar-refractivity contribution in [3.63, 3.8) is 0 Å². The minimum absolute atomic E-state index is 0.0299. The molecule has 0 saturated carbocycles. The van der Waals surface area contributed by atoms with Gasteiger partial charge in [-0.1, -0.05) is 6.08 Å². The quantitative estimate of drug-likeness (QED) is 0.730. The van der Waals surface area contributed by atoms with Crippen molar-refractivity contribution in [3.8, 4) is 5.75 Å². The van der Waals surface area contributed by atoms with E-state index in [4.69, 9.17) is 10.8 Å². The fraction of sp³-hybridized carbons (Fsp3) is 0.250. The summed E-state index contributed by atoms with van der Waals surface area (Å²) in [5.41, 5.74) is 6.19. The minimum Gasteiger partial charge on any atom is -0.506 e. The molecule has 0 aliphatic carbocycles. The molecule has 17 heavy (non-hydrogen) atoms.